The number of aromatic nitrogens is 4. The van der Waals surface area contributed by atoms with Crippen molar-refractivity contribution in [2.75, 3.05) is 18.5 Å². The second-order valence-corrected chi connectivity index (χ2v) is 8.58. The molecule has 4 heterocycles. The zero-order valence-corrected chi connectivity index (χ0v) is 18.4. The topological polar surface area (TPSA) is 84.7 Å². The van der Waals surface area contributed by atoms with Crippen LogP contribution in [0.25, 0.3) is 5.78 Å². The number of alkyl halides is 3. The quantitative estimate of drug-likeness (QED) is 0.642. The molecule has 0 radical (unpaired) electrons. The second kappa shape index (κ2) is 7.68. The van der Waals surface area contributed by atoms with E-state index in [1.165, 1.54) is 13.0 Å². The van der Waals surface area contributed by atoms with Crippen LogP contribution in [0.3, 0.4) is 0 Å². The molecule has 1 atom stereocenters. The molecular weight excluding hydrogens is 437 g/mol. The third-order valence-corrected chi connectivity index (χ3v) is 6.41. The van der Waals surface area contributed by atoms with Gasteiger partial charge in [0.1, 0.15) is 11.6 Å². The summed E-state index contributed by atoms with van der Waals surface area (Å²) in [5.74, 6) is 1.40. The first-order valence-electron chi connectivity index (χ1n) is 10.7. The average molecular weight is 460 g/mol. The first-order chi connectivity index (χ1) is 15.6. The average Bonchev–Trinajstić information content (AvgIpc) is 3.30. The minimum absolute atomic E-state index is 0.0176. The van der Waals surface area contributed by atoms with E-state index in [-0.39, 0.29) is 17.4 Å². The lowest BCUT2D eigenvalue weighted by molar-refractivity contribution is -0.150. The lowest BCUT2D eigenvalue weighted by atomic mass is 9.97. The summed E-state index contributed by atoms with van der Waals surface area (Å²) in [5.41, 5.74) is 1.70. The van der Waals surface area contributed by atoms with E-state index in [1.54, 1.807) is 17.9 Å². The van der Waals surface area contributed by atoms with Crippen LogP contribution in [0.5, 0.6) is 0 Å². The van der Waals surface area contributed by atoms with Crippen molar-refractivity contribution in [1.82, 2.24) is 24.5 Å². The molecule has 2 aliphatic rings. The summed E-state index contributed by atoms with van der Waals surface area (Å²) < 4.78 is 47.2. The van der Waals surface area contributed by atoms with E-state index in [2.05, 4.69) is 20.5 Å². The van der Waals surface area contributed by atoms with Gasteiger partial charge >= 0.3 is 6.18 Å². The summed E-state index contributed by atoms with van der Waals surface area (Å²) in [6, 6.07) is 3.71. The largest absolute Gasteiger partial charge is 0.416 e. The van der Waals surface area contributed by atoms with Crippen molar-refractivity contribution in [2.24, 2.45) is 5.92 Å². The zero-order valence-electron chi connectivity index (χ0n) is 18.4. The smallest absolute Gasteiger partial charge is 0.380 e. The lowest BCUT2D eigenvalue weighted by Crippen LogP contribution is -2.42. The minimum atomic E-state index is -4.43. The predicted molar refractivity (Wildman–Crippen MR) is 112 cm³/mol. The number of rotatable bonds is 4. The summed E-state index contributed by atoms with van der Waals surface area (Å²) in [6.45, 7) is 6.65. The highest BCUT2D eigenvalue weighted by Gasteiger charge is 2.37. The van der Waals surface area contributed by atoms with Crippen LogP contribution in [-0.4, -0.2) is 43.6 Å². The Morgan fingerprint density at radius 3 is 2.64 bits per heavy atom. The van der Waals surface area contributed by atoms with Crippen LogP contribution in [-0.2, 0) is 28.8 Å². The molecule has 1 fully saturated rings. The van der Waals surface area contributed by atoms with Crippen LogP contribution in [0.1, 0.15) is 46.7 Å². The number of nitrogens with zero attached hydrogens (tertiary/aromatic N) is 5. The molecule has 0 saturated carbocycles. The van der Waals surface area contributed by atoms with Crippen LogP contribution >= 0.6 is 0 Å². The molecule has 11 heteroatoms. The van der Waals surface area contributed by atoms with Gasteiger partial charge in [-0.25, -0.2) is 0 Å². The highest BCUT2D eigenvalue weighted by atomic mass is 19.4. The molecule has 1 N–H and O–H groups in total. The van der Waals surface area contributed by atoms with Crippen molar-refractivity contribution in [2.45, 2.75) is 46.1 Å². The number of hydrogen-bond acceptors (Lipinski definition) is 6. The molecule has 0 spiro atoms. The number of ether oxygens (including phenoxy) is 1. The maximum absolute atomic E-state index is 13.4. The van der Waals surface area contributed by atoms with E-state index in [4.69, 9.17) is 4.74 Å². The van der Waals surface area contributed by atoms with E-state index in [0.29, 0.717) is 49.3 Å². The van der Waals surface area contributed by atoms with Crippen LogP contribution < -0.4 is 5.32 Å². The number of benzene rings is 1. The predicted octanol–water partition coefficient (Wildman–Crippen LogP) is 3.42. The van der Waals surface area contributed by atoms with Crippen molar-refractivity contribution < 1.29 is 22.7 Å². The van der Waals surface area contributed by atoms with E-state index < -0.39 is 17.8 Å². The SMILES string of the molecule is Cc1c([C@@H](C)Nc2nc3nnc(C)n3c3c2CN(C(=O)C2COC2)C3)cccc1C(F)(F)F. The van der Waals surface area contributed by atoms with Gasteiger partial charge in [-0.1, -0.05) is 12.1 Å². The Morgan fingerprint density at radius 1 is 1.21 bits per heavy atom. The molecule has 3 aromatic rings. The molecule has 1 aromatic carbocycles. The molecule has 0 aliphatic carbocycles. The normalized spacial score (nSPS) is 17.2. The molecule has 174 valence electrons. The molecule has 1 amide bonds. The number of amides is 1. The van der Waals surface area contributed by atoms with E-state index in [1.807, 2.05) is 11.3 Å². The number of nitrogens with one attached hydrogen (secondary N) is 1. The zero-order chi connectivity index (χ0) is 23.5. The third kappa shape index (κ3) is 3.60. The van der Waals surface area contributed by atoms with Crippen molar-refractivity contribution >= 4 is 17.5 Å². The highest BCUT2D eigenvalue weighted by Crippen LogP contribution is 2.37. The summed E-state index contributed by atoms with van der Waals surface area (Å²) >= 11 is 0. The van der Waals surface area contributed by atoms with Gasteiger partial charge in [0.25, 0.3) is 5.78 Å². The number of carbonyl (C=O) groups is 1. The Balaban J connectivity index is 1.51. The summed E-state index contributed by atoms with van der Waals surface area (Å²) in [4.78, 5) is 19.2. The Labute approximate surface area is 187 Å². The first-order valence-corrected chi connectivity index (χ1v) is 10.7. The van der Waals surface area contributed by atoms with Crippen LogP contribution in [0.15, 0.2) is 18.2 Å². The first kappa shape index (κ1) is 21.6. The number of aryl methyl sites for hydroxylation is 1. The lowest BCUT2D eigenvalue weighted by Gasteiger charge is -2.29. The molecule has 2 aliphatic heterocycles. The van der Waals surface area contributed by atoms with Gasteiger partial charge in [-0.05, 0) is 38.0 Å². The number of fused-ring (bicyclic) bond motifs is 3. The molecule has 2 aromatic heterocycles. The summed E-state index contributed by atoms with van der Waals surface area (Å²) in [7, 11) is 0. The van der Waals surface area contributed by atoms with E-state index in [0.717, 1.165) is 17.3 Å². The van der Waals surface area contributed by atoms with Crippen molar-refractivity contribution in [1.29, 1.82) is 0 Å². The van der Waals surface area contributed by atoms with Gasteiger partial charge in [-0.3, -0.25) is 9.20 Å². The van der Waals surface area contributed by atoms with Crippen molar-refractivity contribution in [3.8, 4) is 0 Å². The Hall–Kier alpha value is -3.21. The van der Waals surface area contributed by atoms with E-state index >= 15 is 0 Å². The van der Waals surface area contributed by atoms with Gasteiger partial charge in [0.05, 0.1) is 49.5 Å². The van der Waals surface area contributed by atoms with Gasteiger partial charge in [-0.15, -0.1) is 10.2 Å². The number of anilines is 1. The van der Waals surface area contributed by atoms with Gasteiger partial charge in [0.15, 0.2) is 0 Å². The van der Waals surface area contributed by atoms with E-state index in [9.17, 15) is 18.0 Å². The molecule has 1 saturated heterocycles. The molecule has 0 bridgehead atoms. The fourth-order valence-electron chi connectivity index (χ4n) is 4.56. The molecular formula is C22H23F3N6O2. The van der Waals surface area contributed by atoms with Gasteiger partial charge in [-0.2, -0.15) is 18.2 Å². The Morgan fingerprint density at radius 2 is 1.97 bits per heavy atom. The third-order valence-electron chi connectivity index (χ3n) is 6.41. The van der Waals surface area contributed by atoms with Crippen LogP contribution in [0.4, 0.5) is 19.0 Å². The number of carbonyl (C=O) groups excluding carboxylic acids is 1. The Bertz CT molecular complexity index is 1250. The number of halogens is 3. The van der Waals surface area contributed by atoms with Crippen molar-refractivity contribution in [3.05, 3.63) is 52.0 Å². The molecule has 0 unspecified atom stereocenters. The van der Waals surface area contributed by atoms with Gasteiger partial charge in [0.2, 0.25) is 5.91 Å². The standard InChI is InChI=1S/C22H23F3N6O2/c1-11-15(5-4-6-17(11)22(23,24)25)12(2)26-19-16-7-30(20(32)14-9-33-10-14)8-18(16)31-13(3)28-29-21(31)27-19/h4-6,12,14H,7-10H2,1-3H3,(H,26,27,29)/t12-/m1/s1. The fourth-order valence-corrected chi connectivity index (χ4v) is 4.56. The van der Waals surface area contributed by atoms with Crippen molar-refractivity contribution in [3.63, 3.8) is 0 Å². The summed E-state index contributed by atoms with van der Waals surface area (Å²) in [5, 5.41) is 11.5. The molecule has 8 nitrogen and oxygen atoms in total. The minimum Gasteiger partial charge on any atom is -0.380 e. The Kier molecular flexibility index (Phi) is 5.04. The number of hydrogen-bond donors (Lipinski definition) is 1. The molecule has 33 heavy (non-hydrogen) atoms. The fraction of sp³-hybridized carbons (Fsp3) is 0.455. The van der Waals surface area contributed by atoms with Crippen LogP contribution in [0, 0.1) is 19.8 Å². The second-order valence-electron chi connectivity index (χ2n) is 8.58. The van der Waals surface area contributed by atoms with Gasteiger partial charge in [0, 0.05) is 5.56 Å². The molecule has 5 rings (SSSR count). The highest BCUT2D eigenvalue weighted by molar-refractivity contribution is 5.81. The maximum Gasteiger partial charge on any atom is 0.416 e. The monoisotopic (exact) mass is 460 g/mol. The summed E-state index contributed by atoms with van der Waals surface area (Å²) in [6.07, 6.45) is -4.43. The van der Waals surface area contributed by atoms with Crippen LogP contribution in [0.2, 0.25) is 0 Å². The maximum atomic E-state index is 13.4. The van der Waals surface area contributed by atoms with Gasteiger partial charge < -0.3 is 15.0 Å².